The minimum Gasteiger partial charge on any atom is -0.380 e. The SMILES string of the molecule is COC1CN(Cc2cc(C#CCN)cs2)CCC1C. The number of nitrogens with zero attached hydrogens (tertiary/aromatic N) is 1. The third kappa shape index (κ3) is 4.05. The minimum atomic E-state index is 0.366. The lowest BCUT2D eigenvalue weighted by molar-refractivity contribution is -0.00716. The van der Waals surface area contributed by atoms with Gasteiger partial charge < -0.3 is 10.5 Å². The Morgan fingerprint density at radius 3 is 3.16 bits per heavy atom. The number of ether oxygens (including phenoxy) is 1. The van der Waals surface area contributed by atoms with Crippen LogP contribution in [0.4, 0.5) is 0 Å². The molecule has 0 aliphatic carbocycles. The van der Waals surface area contributed by atoms with E-state index in [1.807, 2.05) is 7.11 Å². The van der Waals surface area contributed by atoms with Crippen LogP contribution in [0.5, 0.6) is 0 Å². The molecule has 0 aromatic carbocycles. The summed E-state index contributed by atoms with van der Waals surface area (Å²) in [5.41, 5.74) is 6.47. The summed E-state index contributed by atoms with van der Waals surface area (Å²) in [6, 6.07) is 2.17. The smallest absolute Gasteiger partial charge is 0.0724 e. The Morgan fingerprint density at radius 1 is 1.58 bits per heavy atom. The average molecular weight is 278 g/mol. The number of nitrogens with two attached hydrogens (primary N) is 1. The van der Waals surface area contributed by atoms with Crippen molar-refractivity contribution in [3.8, 4) is 11.8 Å². The number of thiophene rings is 1. The Hall–Kier alpha value is -0.860. The Labute approximate surface area is 119 Å². The lowest BCUT2D eigenvalue weighted by atomic mass is 9.96. The van der Waals surface area contributed by atoms with Crippen molar-refractivity contribution in [1.82, 2.24) is 4.90 Å². The number of likely N-dealkylation sites (tertiary alicyclic amines) is 1. The summed E-state index contributed by atoms with van der Waals surface area (Å²) in [6.45, 7) is 5.88. The van der Waals surface area contributed by atoms with E-state index in [1.54, 1.807) is 11.3 Å². The maximum absolute atomic E-state index is 5.56. The van der Waals surface area contributed by atoms with Gasteiger partial charge in [-0.2, -0.15) is 0 Å². The molecule has 1 aliphatic rings. The molecule has 2 unspecified atom stereocenters. The molecule has 0 amide bonds. The molecule has 1 aromatic heterocycles. The number of piperidine rings is 1. The third-order valence-corrected chi connectivity index (χ3v) is 4.57. The molecule has 2 heterocycles. The van der Waals surface area contributed by atoms with Crippen LogP contribution < -0.4 is 5.73 Å². The van der Waals surface area contributed by atoms with Gasteiger partial charge in [0.05, 0.1) is 12.6 Å². The standard InChI is InChI=1S/C15H22N2OS/c1-12-5-7-17(10-15(12)18-2)9-14-8-13(11-19-14)4-3-6-16/h8,11-12,15H,5-7,9-10,16H2,1-2H3. The first kappa shape index (κ1) is 14.5. The molecule has 3 nitrogen and oxygen atoms in total. The van der Waals surface area contributed by atoms with Crippen LogP contribution >= 0.6 is 11.3 Å². The van der Waals surface area contributed by atoms with Gasteiger partial charge in [0.1, 0.15) is 0 Å². The van der Waals surface area contributed by atoms with Crippen LogP contribution in [0.15, 0.2) is 11.4 Å². The fourth-order valence-corrected chi connectivity index (χ4v) is 3.31. The molecule has 104 valence electrons. The third-order valence-electron chi connectivity index (χ3n) is 3.64. The van der Waals surface area contributed by atoms with Crippen LogP contribution in [0.1, 0.15) is 23.8 Å². The van der Waals surface area contributed by atoms with E-state index in [2.05, 4.69) is 35.1 Å². The van der Waals surface area contributed by atoms with Crippen molar-refractivity contribution in [2.45, 2.75) is 26.0 Å². The van der Waals surface area contributed by atoms with Crippen LogP contribution in [0, 0.1) is 17.8 Å². The summed E-state index contributed by atoms with van der Waals surface area (Å²) in [5.74, 6) is 6.64. The van der Waals surface area contributed by atoms with Crippen molar-refractivity contribution in [1.29, 1.82) is 0 Å². The minimum absolute atomic E-state index is 0.366. The highest BCUT2D eigenvalue weighted by Crippen LogP contribution is 2.23. The predicted molar refractivity (Wildman–Crippen MR) is 80.1 cm³/mol. The summed E-state index contributed by atoms with van der Waals surface area (Å²) in [5, 5.41) is 2.11. The molecule has 1 saturated heterocycles. The molecular weight excluding hydrogens is 256 g/mol. The van der Waals surface area contributed by atoms with Gasteiger partial charge in [0.15, 0.2) is 0 Å². The van der Waals surface area contributed by atoms with E-state index in [-0.39, 0.29) is 0 Å². The molecule has 0 spiro atoms. The largest absolute Gasteiger partial charge is 0.380 e. The number of methoxy groups -OCH3 is 1. The molecular formula is C15H22N2OS. The van der Waals surface area contributed by atoms with Crippen molar-refractivity contribution in [3.05, 3.63) is 21.9 Å². The lowest BCUT2D eigenvalue weighted by Gasteiger charge is -2.35. The van der Waals surface area contributed by atoms with Gasteiger partial charge in [-0.15, -0.1) is 11.3 Å². The Balaban J connectivity index is 1.92. The zero-order valence-corrected chi connectivity index (χ0v) is 12.5. The number of hydrogen-bond donors (Lipinski definition) is 1. The quantitative estimate of drug-likeness (QED) is 0.859. The van der Waals surface area contributed by atoms with E-state index in [1.165, 1.54) is 11.3 Å². The molecule has 0 saturated carbocycles. The van der Waals surface area contributed by atoms with Crippen LogP contribution in [-0.4, -0.2) is 37.7 Å². The summed E-state index contributed by atoms with van der Waals surface area (Å²) in [6.07, 6.45) is 1.58. The van der Waals surface area contributed by atoms with Gasteiger partial charge >= 0.3 is 0 Å². The van der Waals surface area contributed by atoms with E-state index in [9.17, 15) is 0 Å². The van der Waals surface area contributed by atoms with Crippen LogP contribution in [0.3, 0.4) is 0 Å². The first-order valence-corrected chi connectivity index (χ1v) is 7.62. The fourth-order valence-electron chi connectivity index (χ4n) is 2.45. The molecule has 0 radical (unpaired) electrons. The first-order valence-electron chi connectivity index (χ1n) is 6.74. The van der Waals surface area contributed by atoms with E-state index >= 15 is 0 Å². The number of rotatable bonds is 3. The zero-order chi connectivity index (χ0) is 13.7. The normalized spacial score (nSPS) is 23.9. The van der Waals surface area contributed by atoms with Gasteiger partial charge in [0.25, 0.3) is 0 Å². The molecule has 0 bridgehead atoms. The Kier molecular flexibility index (Phi) is 5.41. The van der Waals surface area contributed by atoms with E-state index in [4.69, 9.17) is 10.5 Å². The van der Waals surface area contributed by atoms with Crippen molar-refractivity contribution >= 4 is 11.3 Å². The van der Waals surface area contributed by atoms with E-state index in [0.29, 0.717) is 18.6 Å². The van der Waals surface area contributed by atoms with Gasteiger partial charge in [-0.3, -0.25) is 4.90 Å². The Bertz CT molecular complexity index is 460. The monoisotopic (exact) mass is 278 g/mol. The van der Waals surface area contributed by atoms with Crippen molar-refractivity contribution in [2.24, 2.45) is 11.7 Å². The maximum Gasteiger partial charge on any atom is 0.0724 e. The van der Waals surface area contributed by atoms with Gasteiger partial charge in [-0.1, -0.05) is 18.8 Å². The fraction of sp³-hybridized carbons (Fsp3) is 0.600. The topological polar surface area (TPSA) is 38.5 Å². The first-order chi connectivity index (χ1) is 9.22. The average Bonchev–Trinajstić information content (AvgIpc) is 2.86. The highest BCUT2D eigenvalue weighted by molar-refractivity contribution is 7.10. The molecule has 1 fully saturated rings. The molecule has 2 N–H and O–H groups in total. The number of hydrogen-bond acceptors (Lipinski definition) is 4. The lowest BCUT2D eigenvalue weighted by Crippen LogP contribution is -2.43. The molecule has 19 heavy (non-hydrogen) atoms. The zero-order valence-electron chi connectivity index (χ0n) is 11.7. The Morgan fingerprint density at radius 2 is 2.42 bits per heavy atom. The van der Waals surface area contributed by atoms with Crippen molar-refractivity contribution in [3.63, 3.8) is 0 Å². The second-order valence-corrected chi connectivity index (χ2v) is 6.08. The van der Waals surface area contributed by atoms with Crippen molar-refractivity contribution in [2.75, 3.05) is 26.7 Å². The van der Waals surface area contributed by atoms with Gasteiger partial charge in [0.2, 0.25) is 0 Å². The van der Waals surface area contributed by atoms with Crippen LogP contribution in [-0.2, 0) is 11.3 Å². The van der Waals surface area contributed by atoms with E-state index < -0.39 is 0 Å². The molecule has 4 heteroatoms. The molecule has 2 atom stereocenters. The molecule has 1 aromatic rings. The highest BCUT2D eigenvalue weighted by atomic mass is 32.1. The predicted octanol–water partition coefficient (Wildman–Crippen LogP) is 1.92. The summed E-state index contributed by atoms with van der Waals surface area (Å²) in [4.78, 5) is 3.84. The molecule has 1 aliphatic heterocycles. The summed E-state index contributed by atoms with van der Waals surface area (Å²) < 4.78 is 5.56. The second-order valence-electron chi connectivity index (χ2n) is 5.08. The molecule has 2 rings (SSSR count). The highest BCUT2D eigenvalue weighted by Gasteiger charge is 2.25. The maximum atomic E-state index is 5.56. The van der Waals surface area contributed by atoms with Gasteiger partial charge in [-0.25, -0.2) is 0 Å². The van der Waals surface area contributed by atoms with Gasteiger partial charge in [0, 0.05) is 36.0 Å². The van der Waals surface area contributed by atoms with E-state index in [0.717, 1.165) is 25.2 Å². The van der Waals surface area contributed by atoms with Crippen molar-refractivity contribution < 1.29 is 4.74 Å². The second kappa shape index (κ2) is 7.06. The van der Waals surface area contributed by atoms with Gasteiger partial charge in [-0.05, 0) is 24.9 Å². The van der Waals surface area contributed by atoms with Crippen LogP contribution in [0.25, 0.3) is 0 Å². The van der Waals surface area contributed by atoms with Crippen LogP contribution in [0.2, 0.25) is 0 Å². The summed E-state index contributed by atoms with van der Waals surface area (Å²) in [7, 11) is 1.82. The summed E-state index contributed by atoms with van der Waals surface area (Å²) >= 11 is 1.78.